The van der Waals surface area contributed by atoms with Gasteiger partial charge in [0.2, 0.25) is 5.91 Å². The summed E-state index contributed by atoms with van der Waals surface area (Å²) in [5.41, 5.74) is 0.469. The summed E-state index contributed by atoms with van der Waals surface area (Å²) >= 11 is 0. The molecule has 0 aromatic heterocycles. The molecule has 0 spiro atoms. The standard InChI is InChI=1S/C14H28N2O/c1-4-12(3)16-13(17)10-15-11-14(5-2)8-6-7-9-14/h12,15H,4-11H2,1-3H3,(H,16,17). The molecule has 0 bridgehead atoms. The Bertz CT molecular complexity index is 234. The van der Waals surface area contributed by atoms with Gasteiger partial charge in [-0.2, -0.15) is 0 Å². The van der Waals surface area contributed by atoms with Crippen LogP contribution in [0.15, 0.2) is 0 Å². The summed E-state index contributed by atoms with van der Waals surface area (Å²) in [4.78, 5) is 11.6. The van der Waals surface area contributed by atoms with E-state index in [-0.39, 0.29) is 11.9 Å². The van der Waals surface area contributed by atoms with Gasteiger partial charge in [-0.15, -0.1) is 0 Å². The van der Waals surface area contributed by atoms with Crippen LogP contribution in [-0.4, -0.2) is 25.0 Å². The van der Waals surface area contributed by atoms with E-state index in [2.05, 4.69) is 24.5 Å². The lowest BCUT2D eigenvalue weighted by Gasteiger charge is -2.27. The molecule has 1 unspecified atom stereocenters. The molecule has 0 aromatic rings. The second-order valence-electron chi connectivity index (χ2n) is 5.54. The second kappa shape index (κ2) is 7.00. The summed E-state index contributed by atoms with van der Waals surface area (Å²) < 4.78 is 0. The highest BCUT2D eigenvalue weighted by molar-refractivity contribution is 5.78. The van der Waals surface area contributed by atoms with Crippen molar-refractivity contribution in [2.45, 2.75) is 65.3 Å². The van der Waals surface area contributed by atoms with E-state index in [9.17, 15) is 4.79 Å². The van der Waals surface area contributed by atoms with Crippen LogP contribution in [0, 0.1) is 5.41 Å². The Labute approximate surface area is 106 Å². The predicted molar refractivity (Wildman–Crippen MR) is 72.0 cm³/mol. The smallest absolute Gasteiger partial charge is 0.234 e. The monoisotopic (exact) mass is 240 g/mol. The van der Waals surface area contributed by atoms with Gasteiger partial charge in [0.15, 0.2) is 0 Å². The van der Waals surface area contributed by atoms with E-state index in [4.69, 9.17) is 0 Å². The minimum atomic E-state index is 0.128. The van der Waals surface area contributed by atoms with E-state index in [1.54, 1.807) is 0 Å². The predicted octanol–water partition coefficient (Wildman–Crippen LogP) is 2.46. The molecule has 1 rings (SSSR count). The summed E-state index contributed by atoms with van der Waals surface area (Å²) in [5.74, 6) is 0.128. The molecule has 0 heterocycles. The maximum absolute atomic E-state index is 11.6. The van der Waals surface area contributed by atoms with Gasteiger partial charge in [0, 0.05) is 12.6 Å². The number of carbonyl (C=O) groups is 1. The molecule has 17 heavy (non-hydrogen) atoms. The lowest BCUT2D eigenvalue weighted by molar-refractivity contribution is -0.120. The van der Waals surface area contributed by atoms with Gasteiger partial charge in [-0.05, 0) is 38.0 Å². The van der Waals surface area contributed by atoms with Crippen molar-refractivity contribution in [2.24, 2.45) is 5.41 Å². The van der Waals surface area contributed by atoms with Gasteiger partial charge < -0.3 is 10.6 Å². The van der Waals surface area contributed by atoms with Crippen molar-refractivity contribution in [3.63, 3.8) is 0 Å². The molecule has 1 aliphatic rings. The highest BCUT2D eigenvalue weighted by atomic mass is 16.1. The minimum Gasteiger partial charge on any atom is -0.353 e. The molecule has 0 saturated heterocycles. The largest absolute Gasteiger partial charge is 0.353 e. The summed E-state index contributed by atoms with van der Waals surface area (Å²) in [6.07, 6.45) is 7.58. The van der Waals surface area contributed by atoms with E-state index in [1.165, 1.54) is 32.1 Å². The van der Waals surface area contributed by atoms with Gasteiger partial charge in [-0.3, -0.25) is 4.79 Å². The van der Waals surface area contributed by atoms with Crippen molar-refractivity contribution in [1.29, 1.82) is 0 Å². The zero-order valence-corrected chi connectivity index (χ0v) is 11.6. The molecule has 1 aliphatic carbocycles. The molecule has 0 aliphatic heterocycles. The molecule has 3 nitrogen and oxygen atoms in total. The average molecular weight is 240 g/mol. The minimum absolute atomic E-state index is 0.128. The van der Waals surface area contributed by atoms with Crippen LogP contribution in [0.2, 0.25) is 0 Å². The number of hydrogen-bond donors (Lipinski definition) is 2. The third kappa shape index (κ3) is 4.66. The van der Waals surface area contributed by atoms with E-state index in [0.29, 0.717) is 12.0 Å². The number of hydrogen-bond acceptors (Lipinski definition) is 2. The van der Waals surface area contributed by atoms with Crippen molar-refractivity contribution < 1.29 is 4.79 Å². The molecule has 3 heteroatoms. The Kier molecular flexibility index (Phi) is 5.96. The second-order valence-corrected chi connectivity index (χ2v) is 5.54. The molecule has 1 atom stereocenters. The van der Waals surface area contributed by atoms with Crippen LogP contribution in [0.1, 0.15) is 59.3 Å². The van der Waals surface area contributed by atoms with Crippen LogP contribution in [0.5, 0.6) is 0 Å². The molecule has 100 valence electrons. The van der Waals surface area contributed by atoms with Gasteiger partial charge in [-0.25, -0.2) is 0 Å². The number of carbonyl (C=O) groups excluding carboxylic acids is 1. The van der Waals surface area contributed by atoms with Gasteiger partial charge in [0.05, 0.1) is 6.54 Å². The highest BCUT2D eigenvalue weighted by Gasteiger charge is 2.31. The molecular formula is C14H28N2O. The van der Waals surface area contributed by atoms with Gasteiger partial charge in [-0.1, -0.05) is 26.7 Å². The first-order valence-corrected chi connectivity index (χ1v) is 7.12. The van der Waals surface area contributed by atoms with Crippen molar-refractivity contribution in [2.75, 3.05) is 13.1 Å². The topological polar surface area (TPSA) is 41.1 Å². The van der Waals surface area contributed by atoms with Crippen LogP contribution < -0.4 is 10.6 Å². The molecule has 1 fully saturated rings. The Morgan fingerprint density at radius 3 is 2.47 bits per heavy atom. The fourth-order valence-corrected chi connectivity index (χ4v) is 2.65. The fraction of sp³-hybridized carbons (Fsp3) is 0.929. The fourth-order valence-electron chi connectivity index (χ4n) is 2.65. The van der Waals surface area contributed by atoms with Crippen LogP contribution >= 0.6 is 0 Å². The summed E-state index contributed by atoms with van der Waals surface area (Å²) in [6, 6.07) is 0.288. The first-order valence-electron chi connectivity index (χ1n) is 7.12. The molecule has 1 amide bonds. The van der Waals surface area contributed by atoms with Crippen LogP contribution in [0.25, 0.3) is 0 Å². The third-order valence-corrected chi connectivity index (χ3v) is 4.22. The van der Waals surface area contributed by atoms with Crippen molar-refractivity contribution in [1.82, 2.24) is 10.6 Å². The van der Waals surface area contributed by atoms with Gasteiger partial charge >= 0.3 is 0 Å². The summed E-state index contributed by atoms with van der Waals surface area (Å²) in [7, 11) is 0. The van der Waals surface area contributed by atoms with Gasteiger partial charge in [0.1, 0.15) is 0 Å². The SMILES string of the molecule is CCC(C)NC(=O)CNCC1(CC)CCCC1. The molecule has 2 N–H and O–H groups in total. The Morgan fingerprint density at radius 1 is 1.29 bits per heavy atom. The van der Waals surface area contributed by atoms with Crippen molar-refractivity contribution in [3.8, 4) is 0 Å². The van der Waals surface area contributed by atoms with Crippen molar-refractivity contribution in [3.05, 3.63) is 0 Å². The van der Waals surface area contributed by atoms with E-state index >= 15 is 0 Å². The average Bonchev–Trinajstić information content (AvgIpc) is 2.78. The Morgan fingerprint density at radius 2 is 1.94 bits per heavy atom. The Hall–Kier alpha value is -0.570. The quantitative estimate of drug-likeness (QED) is 0.718. The van der Waals surface area contributed by atoms with Crippen LogP contribution in [-0.2, 0) is 4.79 Å². The number of amides is 1. The molecular weight excluding hydrogens is 212 g/mol. The van der Waals surface area contributed by atoms with Crippen molar-refractivity contribution >= 4 is 5.91 Å². The van der Waals surface area contributed by atoms with E-state index < -0.39 is 0 Å². The normalized spacial score (nSPS) is 20.2. The van der Waals surface area contributed by atoms with Crippen LogP contribution in [0.4, 0.5) is 0 Å². The maximum atomic E-state index is 11.6. The highest BCUT2D eigenvalue weighted by Crippen LogP contribution is 2.40. The molecule has 0 aromatic carbocycles. The van der Waals surface area contributed by atoms with E-state index in [0.717, 1.165) is 13.0 Å². The summed E-state index contributed by atoms with van der Waals surface area (Å²) in [5, 5.41) is 6.32. The van der Waals surface area contributed by atoms with Crippen LogP contribution in [0.3, 0.4) is 0 Å². The summed E-state index contributed by atoms with van der Waals surface area (Å²) in [6.45, 7) is 7.86. The van der Waals surface area contributed by atoms with E-state index in [1.807, 2.05) is 6.92 Å². The molecule has 1 saturated carbocycles. The number of nitrogens with one attached hydrogen (secondary N) is 2. The zero-order chi connectivity index (χ0) is 12.7. The first-order chi connectivity index (χ1) is 8.12. The lowest BCUT2D eigenvalue weighted by Crippen LogP contribution is -2.41. The molecule has 0 radical (unpaired) electrons. The lowest BCUT2D eigenvalue weighted by atomic mass is 9.83. The maximum Gasteiger partial charge on any atom is 0.234 e. The third-order valence-electron chi connectivity index (χ3n) is 4.22. The Balaban J connectivity index is 2.20. The van der Waals surface area contributed by atoms with Gasteiger partial charge in [0.25, 0.3) is 0 Å². The first kappa shape index (κ1) is 14.5. The number of rotatable bonds is 7. The zero-order valence-electron chi connectivity index (χ0n) is 11.6.